The Morgan fingerprint density at radius 1 is 1.33 bits per heavy atom. The molecule has 112 valence electrons. The van der Waals surface area contributed by atoms with Gasteiger partial charge >= 0.3 is 0 Å². The summed E-state index contributed by atoms with van der Waals surface area (Å²) >= 11 is 1.67. The van der Waals surface area contributed by atoms with Crippen LogP contribution in [0, 0.1) is 5.82 Å². The SMILES string of the molecule is CN(C)CCN1CSc2nnc(-c3cccc(F)c3)n2C1. The minimum atomic E-state index is -0.252. The van der Waals surface area contributed by atoms with Gasteiger partial charge in [0, 0.05) is 18.7 Å². The van der Waals surface area contributed by atoms with E-state index < -0.39 is 0 Å². The second-order valence-electron chi connectivity index (χ2n) is 5.36. The molecule has 1 aliphatic rings. The van der Waals surface area contributed by atoms with Crippen LogP contribution in [-0.4, -0.2) is 57.6 Å². The largest absolute Gasteiger partial charge is 0.308 e. The van der Waals surface area contributed by atoms with Crippen LogP contribution in [0.15, 0.2) is 29.4 Å². The van der Waals surface area contributed by atoms with Crippen LogP contribution in [0.3, 0.4) is 0 Å². The van der Waals surface area contributed by atoms with Gasteiger partial charge in [-0.05, 0) is 26.2 Å². The number of thioether (sulfide) groups is 1. The number of halogens is 1. The molecule has 0 fully saturated rings. The number of likely N-dealkylation sites (N-methyl/N-ethyl adjacent to an activating group) is 1. The third kappa shape index (κ3) is 3.25. The number of benzene rings is 1. The number of aromatic nitrogens is 3. The standard InChI is InChI=1S/C14H18FN5S/c1-18(2)6-7-19-9-20-13(16-17-14(20)21-10-19)11-4-3-5-12(15)8-11/h3-5,8H,6-7,9-10H2,1-2H3. The molecule has 0 bridgehead atoms. The topological polar surface area (TPSA) is 37.2 Å². The third-order valence-corrected chi connectivity index (χ3v) is 4.44. The smallest absolute Gasteiger partial charge is 0.193 e. The van der Waals surface area contributed by atoms with Crippen molar-refractivity contribution in [1.29, 1.82) is 0 Å². The highest BCUT2D eigenvalue weighted by Crippen LogP contribution is 2.28. The molecule has 1 aromatic heterocycles. The fourth-order valence-corrected chi connectivity index (χ4v) is 3.14. The normalized spacial score (nSPS) is 15.4. The van der Waals surface area contributed by atoms with Crippen molar-refractivity contribution < 1.29 is 4.39 Å². The van der Waals surface area contributed by atoms with Gasteiger partial charge in [0.05, 0.1) is 12.5 Å². The Morgan fingerprint density at radius 2 is 2.19 bits per heavy atom. The van der Waals surface area contributed by atoms with Gasteiger partial charge in [0.25, 0.3) is 0 Å². The molecule has 0 atom stereocenters. The molecule has 21 heavy (non-hydrogen) atoms. The fourth-order valence-electron chi connectivity index (χ4n) is 2.23. The maximum atomic E-state index is 13.4. The Kier molecular flexibility index (Phi) is 4.23. The molecule has 2 heterocycles. The van der Waals surface area contributed by atoms with Crippen LogP contribution >= 0.6 is 11.8 Å². The summed E-state index contributed by atoms with van der Waals surface area (Å²) in [6.07, 6.45) is 0. The Labute approximate surface area is 127 Å². The van der Waals surface area contributed by atoms with Gasteiger partial charge in [-0.25, -0.2) is 4.39 Å². The molecule has 0 N–H and O–H groups in total. The van der Waals surface area contributed by atoms with E-state index >= 15 is 0 Å². The van der Waals surface area contributed by atoms with Gasteiger partial charge < -0.3 is 4.90 Å². The molecule has 0 saturated heterocycles. The summed E-state index contributed by atoms with van der Waals surface area (Å²) in [7, 11) is 4.14. The summed E-state index contributed by atoms with van der Waals surface area (Å²) in [5.41, 5.74) is 0.767. The zero-order valence-electron chi connectivity index (χ0n) is 12.2. The summed E-state index contributed by atoms with van der Waals surface area (Å²) in [4.78, 5) is 4.50. The lowest BCUT2D eigenvalue weighted by Crippen LogP contribution is -2.35. The average Bonchev–Trinajstić information content (AvgIpc) is 2.88. The van der Waals surface area contributed by atoms with Gasteiger partial charge in [0.15, 0.2) is 11.0 Å². The predicted molar refractivity (Wildman–Crippen MR) is 81.4 cm³/mol. The van der Waals surface area contributed by atoms with E-state index in [1.807, 2.05) is 6.07 Å². The van der Waals surface area contributed by atoms with Crippen LogP contribution in [0.4, 0.5) is 4.39 Å². The van der Waals surface area contributed by atoms with Gasteiger partial charge in [-0.2, -0.15) is 0 Å². The molecule has 0 saturated carbocycles. The van der Waals surface area contributed by atoms with E-state index in [0.717, 1.165) is 42.2 Å². The highest BCUT2D eigenvalue weighted by atomic mass is 32.2. The molecule has 0 unspecified atom stereocenters. The van der Waals surface area contributed by atoms with E-state index in [1.54, 1.807) is 17.8 Å². The van der Waals surface area contributed by atoms with E-state index in [-0.39, 0.29) is 5.82 Å². The molecule has 5 nitrogen and oxygen atoms in total. The van der Waals surface area contributed by atoms with Crippen molar-refractivity contribution in [1.82, 2.24) is 24.6 Å². The first kappa shape index (κ1) is 14.5. The van der Waals surface area contributed by atoms with Gasteiger partial charge in [-0.3, -0.25) is 9.47 Å². The number of nitrogens with zero attached hydrogens (tertiary/aromatic N) is 5. The first-order chi connectivity index (χ1) is 10.1. The molecule has 0 amide bonds. The Balaban J connectivity index is 1.82. The van der Waals surface area contributed by atoms with E-state index in [0.29, 0.717) is 0 Å². The number of rotatable bonds is 4. The molecule has 0 radical (unpaired) electrons. The van der Waals surface area contributed by atoms with Crippen molar-refractivity contribution >= 4 is 11.8 Å². The summed E-state index contributed by atoms with van der Waals surface area (Å²) in [5, 5.41) is 9.33. The highest BCUT2D eigenvalue weighted by Gasteiger charge is 2.22. The van der Waals surface area contributed by atoms with Crippen LogP contribution in [0.2, 0.25) is 0 Å². The first-order valence-electron chi connectivity index (χ1n) is 6.82. The quantitative estimate of drug-likeness (QED) is 0.863. The summed E-state index contributed by atoms with van der Waals surface area (Å²) in [6.45, 7) is 2.74. The van der Waals surface area contributed by atoms with Crippen molar-refractivity contribution in [3.8, 4) is 11.4 Å². The number of fused-ring (bicyclic) bond motifs is 1. The average molecular weight is 307 g/mol. The van der Waals surface area contributed by atoms with Crippen LogP contribution < -0.4 is 0 Å². The molecule has 3 rings (SSSR count). The Bertz CT molecular complexity index is 628. The van der Waals surface area contributed by atoms with Crippen molar-refractivity contribution in [2.75, 3.05) is 33.1 Å². The zero-order chi connectivity index (χ0) is 14.8. The van der Waals surface area contributed by atoms with Gasteiger partial charge in [-0.15, -0.1) is 10.2 Å². The van der Waals surface area contributed by atoms with E-state index in [9.17, 15) is 4.39 Å². The molecule has 0 aliphatic carbocycles. The summed E-state index contributed by atoms with van der Waals surface area (Å²) in [5.74, 6) is 1.39. The molecular weight excluding hydrogens is 289 g/mol. The van der Waals surface area contributed by atoms with Crippen molar-refractivity contribution in [2.45, 2.75) is 11.8 Å². The minimum Gasteiger partial charge on any atom is -0.308 e. The van der Waals surface area contributed by atoms with Gasteiger partial charge in [0.2, 0.25) is 0 Å². The lowest BCUT2D eigenvalue weighted by molar-refractivity contribution is 0.215. The molecule has 0 spiro atoms. The van der Waals surface area contributed by atoms with E-state index in [4.69, 9.17) is 0 Å². The number of hydrogen-bond acceptors (Lipinski definition) is 5. The van der Waals surface area contributed by atoms with E-state index in [2.05, 4.69) is 38.7 Å². The summed E-state index contributed by atoms with van der Waals surface area (Å²) < 4.78 is 15.5. The number of hydrogen-bond donors (Lipinski definition) is 0. The molecule has 1 aliphatic heterocycles. The lowest BCUT2D eigenvalue weighted by atomic mass is 10.2. The Morgan fingerprint density at radius 3 is 2.95 bits per heavy atom. The third-order valence-electron chi connectivity index (χ3n) is 3.38. The summed E-state index contributed by atoms with van der Waals surface area (Å²) in [6, 6.07) is 6.51. The lowest BCUT2D eigenvalue weighted by Gasteiger charge is -2.28. The van der Waals surface area contributed by atoms with Crippen LogP contribution in [-0.2, 0) is 6.67 Å². The van der Waals surface area contributed by atoms with Crippen LogP contribution in [0.5, 0.6) is 0 Å². The molecule has 1 aromatic carbocycles. The maximum absolute atomic E-state index is 13.4. The van der Waals surface area contributed by atoms with Crippen molar-refractivity contribution in [3.05, 3.63) is 30.1 Å². The van der Waals surface area contributed by atoms with Crippen molar-refractivity contribution in [3.63, 3.8) is 0 Å². The Hall–Kier alpha value is -1.44. The highest BCUT2D eigenvalue weighted by molar-refractivity contribution is 7.99. The molecule has 2 aromatic rings. The maximum Gasteiger partial charge on any atom is 0.193 e. The minimum absolute atomic E-state index is 0.252. The monoisotopic (exact) mass is 307 g/mol. The first-order valence-corrected chi connectivity index (χ1v) is 7.81. The van der Waals surface area contributed by atoms with Gasteiger partial charge in [0.1, 0.15) is 5.82 Å². The predicted octanol–water partition coefficient (Wildman–Crippen LogP) is 1.97. The zero-order valence-corrected chi connectivity index (χ0v) is 13.0. The van der Waals surface area contributed by atoms with E-state index in [1.165, 1.54) is 12.1 Å². The fraction of sp³-hybridized carbons (Fsp3) is 0.429. The van der Waals surface area contributed by atoms with Crippen LogP contribution in [0.1, 0.15) is 0 Å². The van der Waals surface area contributed by atoms with Crippen LogP contribution in [0.25, 0.3) is 11.4 Å². The van der Waals surface area contributed by atoms with Gasteiger partial charge in [-0.1, -0.05) is 23.9 Å². The molecule has 7 heteroatoms. The second-order valence-corrected chi connectivity index (χ2v) is 6.27. The molecular formula is C14H18FN5S. The second kappa shape index (κ2) is 6.13. The van der Waals surface area contributed by atoms with Crippen molar-refractivity contribution in [2.24, 2.45) is 0 Å².